The number of aliphatic hydroxyl groups is 1. The molecule has 156 valence electrons. The fourth-order valence-corrected chi connectivity index (χ4v) is 3.65. The van der Waals surface area contributed by atoms with Gasteiger partial charge in [0.1, 0.15) is 11.4 Å². The molecular weight excluding hydrogens is 368 g/mol. The average Bonchev–Trinajstić information content (AvgIpc) is 2.64. The molecular formula is C23H30N2O4. The van der Waals surface area contributed by atoms with Gasteiger partial charge in [0.25, 0.3) is 0 Å². The number of aryl methyl sites for hydroxylation is 2. The molecule has 0 unspecified atom stereocenters. The molecule has 1 aromatic heterocycles. The van der Waals surface area contributed by atoms with Crippen LogP contribution in [0.2, 0.25) is 0 Å². The zero-order chi connectivity index (χ0) is 21.2. The Labute approximate surface area is 172 Å². The lowest BCUT2D eigenvalue weighted by molar-refractivity contribution is 0.00191. The lowest BCUT2D eigenvalue weighted by Gasteiger charge is -2.37. The molecule has 3 rings (SSSR count). The highest BCUT2D eigenvalue weighted by molar-refractivity contribution is 5.69. The average molecular weight is 399 g/mol. The summed E-state index contributed by atoms with van der Waals surface area (Å²) in [5, 5.41) is 20.6. The first-order valence-electron chi connectivity index (χ1n) is 10.0. The van der Waals surface area contributed by atoms with Crippen LogP contribution in [-0.2, 0) is 17.6 Å². The number of fused-ring (bicyclic) bond motifs is 1. The summed E-state index contributed by atoms with van der Waals surface area (Å²) < 4.78 is 5.63. The number of aliphatic hydroxyl groups excluding tert-OH is 1. The van der Waals surface area contributed by atoms with E-state index in [1.54, 1.807) is 23.2 Å². The van der Waals surface area contributed by atoms with Crippen molar-refractivity contribution >= 4 is 6.09 Å². The van der Waals surface area contributed by atoms with E-state index in [0.717, 1.165) is 24.1 Å². The van der Waals surface area contributed by atoms with Crippen molar-refractivity contribution in [1.82, 2.24) is 9.88 Å². The normalized spacial score (nSPS) is 17.3. The number of phenols is 1. The highest BCUT2D eigenvalue weighted by atomic mass is 16.6. The Hall–Kier alpha value is -2.60. The molecule has 0 saturated carbocycles. The number of carbonyl (C=O) groups excluding carboxylic acids is 1. The second-order valence-electron chi connectivity index (χ2n) is 8.73. The molecule has 6 nitrogen and oxygen atoms in total. The Balaban J connectivity index is 1.83. The minimum Gasteiger partial charge on any atom is -0.508 e. The first-order valence-corrected chi connectivity index (χ1v) is 10.0. The third kappa shape index (κ3) is 5.48. The van der Waals surface area contributed by atoms with Gasteiger partial charge in [0, 0.05) is 23.5 Å². The number of rotatable bonds is 4. The van der Waals surface area contributed by atoms with Crippen molar-refractivity contribution in [2.45, 2.75) is 64.7 Å². The van der Waals surface area contributed by atoms with E-state index < -0.39 is 17.8 Å². The highest BCUT2D eigenvalue weighted by Crippen LogP contribution is 2.29. The van der Waals surface area contributed by atoms with Crippen molar-refractivity contribution in [3.63, 3.8) is 0 Å². The number of benzene rings is 1. The van der Waals surface area contributed by atoms with Crippen molar-refractivity contribution in [2.24, 2.45) is 0 Å². The maximum atomic E-state index is 13.0. The van der Waals surface area contributed by atoms with Crippen LogP contribution >= 0.6 is 0 Å². The van der Waals surface area contributed by atoms with Crippen molar-refractivity contribution in [1.29, 1.82) is 0 Å². The summed E-state index contributed by atoms with van der Waals surface area (Å²) in [5.74, 6) is 0.221. The maximum Gasteiger partial charge on any atom is 0.410 e. The third-order valence-corrected chi connectivity index (χ3v) is 5.15. The van der Waals surface area contributed by atoms with Gasteiger partial charge in [-0.15, -0.1) is 0 Å². The number of nitrogens with zero attached hydrogens (tertiary/aromatic N) is 2. The van der Waals surface area contributed by atoms with Crippen molar-refractivity contribution in [3.05, 3.63) is 58.9 Å². The zero-order valence-corrected chi connectivity index (χ0v) is 17.6. The highest BCUT2D eigenvalue weighted by Gasteiger charge is 2.32. The van der Waals surface area contributed by atoms with Gasteiger partial charge in [0.2, 0.25) is 0 Å². The van der Waals surface area contributed by atoms with Crippen molar-refractivity contribution < 1.29 is 19.7 Å². The summed E-state index contributed by atoms with van der Waals surface area (Å²) >= 11 is 0. The lowest BCUT2D eigenvalue weighted by Crippen LogP contribution is -2.47. The molecule has 1 amide bonds. The third-order valence-electron chi connectivity index (χ3n) is 5.15. The topological polar surface area (TPSA) is 82.9 Å². The van der Waals surface area contributed by atoms with Gasteiger partial charge in [-0.2, -0.15) is 0 Å². The Kier molecular flexibility index (Phi) is 6.13. The van der Waals surface area contributed by atoms with E-state index in [0.29, 0.717) is 12.0 Å². The molecule has 1 heterocycles. The molecule has 0 radical (unpaired) electrons. The van der Waals surface area contributed by atoms with Crippen LogP contribution in [-0.4, -0.2) is 44.4 Å². The van der Waals surface area contributed by atoms with Crippen LogP contribution in [0.15, 0.2) is 36.5 Å². The van der Waals surface area contributed by atoms with Gasteiger partial charge in [-0.3, -0.25) is 4.98 Å². The predicted molar refractivity (Wildman–Crippen MR) is 111 cm³/mol. The van der Waals surface area contributed by atoms with Gasteiger partial charge in [-0.05, 0) is 76.3 Å². The van der Waals surface area contributed by atoms with E-state index in [-0.39, 0.29) is 18.3 Å². The molecule has 0 bridgehead atoms. The van der Waals surface area contributed by atoms with Crippen molar-refractivity contribution in [2.75, 3.05) is 6.54 Å². The van der Waals surface area contributed by atoms with E-state index in [2.05, 4.69) is 4.98 Å². The summed E-state index contributed by atoms with van der Waals surface area (Å²) in [6, 6.07) is 8.94. The van der Waals surface area contributed by atoms with Gasteiger partial charge in [-0.1, -0.05) is 12.1 Å². The van der Waals surface area contributed by atoms with Crippen LogP contribution in [0.3, 0.4) is 0 Å². The number of hydrogen-bond acceptors (Lipinski definition) is 5. The van der Waals surface area contributed by atoms with E-state index in [1.807, 2.05) is 45.9 Å². The number of pyridine rings is 1. The van der Waals surface area contributed by atoms with E-state index in [1.165, 1.54) is 5.56 Å². The Morgan fingerprint density at radius 3 is 2.69 bits per heavy atom. The van der Waals surface area contributed by atoms with E-state index in [9.17, 15) is 15.0 Å². The number of ether oxygens (including phenoxy) is 1. The van der Waals surface area contributed by atoms with Gasteiger partial charge >= 0.3 is 6.09 Å². The Morgan fingerprint density at radius 1 is 1.28 bits per heavy atom. The van der Waals surface area contributed by atoms with Crippen LogP contribution < -0.4 is 0 Å². The Bertz CT molecular complexity index is 858. The van der Waals surface area contributed by atoms with Gasteiger partial charge in [0.15, 0.2) is 0 Å². The smallest absolute Gasteiger partial charge is 0.410 e. The molecule has 2 N–H and O–H groups in total. The maximum absolute atomic E-state index is 13.0. The second-order valence-corrected chi connectivity index (χ2v) is 8.73. The number of phenolic OH excluding ortho intramolecular Hbond substituents is 1. The molecule has 0 spiro atoms. The lowest BCUT2D eigenvalue weighted by atomic mass is 9.87. The molecule has 29 heavy (non-hydrogen) atoms. The van der Waals surface area contributed by atoms with E-state index in [4.69, 9.17) is 4.74 Å². The number of hydrogen-bond donors (Lipinski definition) is 2. The van der Waals surface area contributed by atoms with Gasteiger partial charge < -0.3 is 19.8 Å². The largest absolute Gasteiger partial charge is 0.508 e. The fourth-order valence-electron chi connectivity index (χ4n) is 3.65. The standard InChI is InChI=1S/C23H30N2O4/c1-15-5-6-17(13-24-15)21(27)14-25(22(28)29-23(2,3)4)19-9-7-16-8-10-20(26)12-18(16)11-19/h5-6,8,10,12-13,19,21,26-27H,7,9,11,14H2,1-4H3/t19-,21-/m0/s1. The quantitative estimate of drug-likeness (QED) is 0.816. The first kappa shape index (κ1) is 21.1. The minimum absolute atomic E-state index is 0.118. The molecule has 2 aromatic rings. The van der Waals surface area contributed by atoms with Crippen LogP contribution in [0.5, 0.6) is 5.75 Å². The molecule has 2 atom stereocenters. The summed E-state index contributed by atoms with van der Waals surface area (Å²) in [5.41, 5.74) is 3.12. The van der Waals surface area contributed by atoms with Crippen LogP contribution in [0, 0.1) is 6.92 Å². The molecule has 0 saturated heterocycles. The SMILES string of the molecule is Cc1ccc([C@@H](O)CN(C(=O)OC(C)(C)C)[C@H]2CCc3ccc(O)cc3C2)cn1. The van der Waals surface area contributed by atoms with Crippen molar-refractivity contribution in [3.8, 4) is 5.75 Å². The summed E-state index contributed by atoms with van der Waals surface area (Å²) in [7, 11) is 0. The molecule has 0 fully saturated rings. The number of aromatic hydroxyl groups is 1. The summed E-state index contributed by atoms with van der Waals surface area (Å²) in [6.45, 7) is 7.50. The summed E-state index contributed by atoms with van der Waals surface area (Å²) in [4.78, 5) is 18.9. The molecule has 6 heteroatoms. The predicted octanol–water partition coefficient (Wildman–Crippen LogP) is 3.92. The van der Waals surface area contributed by atoms with Gasteiger partial charge in [0.05, 0.1) is 12.6 Å². The fraction of sp³-hybridized carbons (Fsp3) is 0.478. The summed E-state index contributed by atoms with van der Waals surface area (Å²) in [6.07, 6.45) is 2.53. The first-order chi connectivity index (χ1) is 13.6. The number of carbonyl (C=O) groups is 1. The van der Waals surface area contributed by atoms with Gasteiger partial charge in [-0.25, -0.2) is 4.79 Å². The second kappa shape index (κ2) is 8.41. The minimum atomic E-state index is -0.860. The molecule has 1 aromatic carbocycles. The number of aromatic nitrogens is 1. The molecule has 1 aliphatic rings. The van der Waals surface area contributed by atoms with Crippen LogP contribution in [0.1, 0.15) is 55.7 Å². The monoisotopic (exact) mass is 398 g/mol. The zero-order valence-electron chi connectivity index (χ0n) is 17.6. The van der Waals surface area contributed by atoms with E-state index >= 15 is 0 Å². The van der Waals surface area contributed by atoms with Crippen LogP contribution in [0.25, 0.3) is 0 Å². The molecule has 0 aliphatic heterocycles. The molecule has 1 aliphatic carbocycles. The number of amides is 1. The Morgan fingerprint density at radius 2 is 2.03 bits per heavy atom. The van der Waals surface area contributed by atoms with Crippen LogP contribution in [0.4, 0.5) is 4.79 Å².